The van der Waals surface area contributed by atoms with Crippen LogP contribution in [-0.2, 0) is 0 Å². The Morgan fingerprint density at radius 3 is 2.54 bits per heavy atom. The zero-order valence-corrected chi connectivity index (χ0v) is 17.1. The molecule has 0 aliphatic heterocycles. The van der Waals surface area contributed by atoms with Crippen molar-refractivity contribution in [3.05, 3.63) is 53.8 Å². The number of hydrogen-bond donors (Lipinski definition) is 0. The lowest BCUT2D eigenvalue weighted by Gasteiger charge is -2.25. The molecule has 0 N–H and O–H groups in total. The Morgan fingerprint density at radius 1 is 1.11 bits per heavy atom. The largest absolute Gasteiger partial charge is 0.496 e. The van der Waals surface area contributed by atoms with Crippen molar-refractivity contribution in [1.82, 2.24) is 9.88 Å². The van der Waals surface area contributed by atoms with E-state index in [1.807, 2.05) is 12.1 Å². The number of carbonyl (C=O) groups is 1. The first-order valence-corrected chi connectivity index (χ1v) is 10.1. The van der Waals surface area contributed by atoms with E-state index in [0.29, 0.717) is 35.1 Å². The number of hydrogen-bond acceptors (Lipinski definition) is 5. The van der Waals surface area contributed by atoms with Crippen molar-refractivity contribution in [3.63, 3.8) is 0 Å². The first-order chi connectivity index (χ1) is 13.6. The van der Waals surface area contributed by atoms with Gasteiger partial charge in [0.1, 0.15) is 17.1 Å². The van der Waals surface area contributed by atoms with Gasteiger partial charge in [0.05, 0.1) is 17.4 Å². The van der Waals surface area contributed by atoms with Crippen molar-refractivity contribution >= 4 is 32.6 Å². The summed E-state index contributed by atoms with van der Waals surface area (Å²) in [6.45, 7) is 7.11. The molecule has 0 aliphatic rings. The quantitative estimate of drug-likeness (QED) is 0.560. The van der Waals surface area contributed by atoms with E-state index in [2.05, 4.69) is 23.7 Å². The summed E-state index contributed by atoms with van der Waals surface area (Å²) in [5.74, 6) is -0.0786. The van der Waals surface area contributed by atoms with E-state index in [4.69, 9.17) is 4.74 Å². The zero-order valence-electron chi connectivity index (χ0n) is 16.3. The molecule has 0 spiro atoms. The lowest BCUT2D eigenvalue weighted by atomic mass is 10.1. The molecule has 5 nitrogen and oxygen atoms in total. The zero-order chi connectivity index (χ0) is 20.1. The highest BCUT2D eigenvalue weighted by Gasteiger charge is 2.24. The molecule has 0 atom stereocenters. The molecular weight excluding hydrogens is 377 g/mol. The number of amides is 1. The highest BCUT2D eigenvalue weighted by molar-refractivity contribution is 7.22. The number of halogens is 1. The van der Waals surface area contributed by atoms with Crippen LogP contribution in [0.3, 0.4) is 0 Å². The molecule has 0 saturated heterocycles. The molecule has 7 heteroatoms. The van der Waals surface area contributed by atoms with Gasteiger partial charge in [-0.05, 0) is 37.4 Å². The number of carbonyl (C=O) groups excluding carboxylic acids is 1. The topological polar surface area (TPSA) is 45.7 Å². The maximum atomic E-state index is 14.1. The normalized spacial score (nSPS) is 11.2. The SMILES string of the molecule is CCN(CC)CCN(C(=O)c1ccccc1OC)c1nc2c(F)cccc2s1. The summed E-state index contributed by atoms with van der Waals surface area (Å²) in [5.41, 5.74) is 0.757. The summed E-state index contributed by atoms with van der Waals surface area (Å²) in [6.07, 6.45) is 0. The van der Waals surface area contributed by atoms with Crippen molar-refractivity contribution in [2.75, 3.05) is 38.2 Å². The Balaban J connectivity index is 2.00. The average Bonchev–Trinajstić information content (AvgIpc) is 3.16. The molecule has 0 fully saturated rings. The van der Waals surface area contributed by atoms with Crippen LogP contribution in [-0.4, -0.2) is 49.1 Å². The first kappa shape index (κ1) is 20.2. The maximum Gasteiger partial charge on any atom is 0.263 e. The van der Waals surface area contributed by atoms with E-state index < -0.39 is 0 Å². The molecule has 3 aromatic rings. The van der Waals surface area contributed by atoms with Crippen LogP contribution < -0.4 is 9.64 Å². The second kappa shape index (κ2) is 9.12. The van der Waals surface area contributed by atoms with Gasteiger partial charge in [-0.2, -0.15) is 0 Å². The second-order valence-corrected chi connectivity index (χ2v) is 7.28. The van der Waals surface area contributed by atoms with Gasteiger partial charge in [0, 0.05) is 13.1 Å². The van der Waals surface area contributed by atoms with Gasteiger partial charge < -0.3 is 9.64 Å². The summed E-state index contributed by atoms with van der Waals surface area (Å²) < 4.78 is 20.2. The summed E-state index contributed by atoms with van der Waals surface area (Å²) in [7, 11) is 1.54. The molecule has 0 saturated carbocycles. The van der Waals surface area contributed by atoms with Gasteiger partial charge in [0.25, 0.3) is 5.91 Å². The Morgan fingerprint density at radius 2 is 1.86 bits per heavy atom. The Kier molecular flexibility index (Phi) is 6.59. The molecule has 3 rings (SSSR count). The molecular formula is C21H24FN3O2S. The van der Waals surface area contributed by atoms with Gasteiger partial charge in [-0.3, -0.25) is 9.69 Å². The van der Waals surface area contributed by atoms with E-state index in [1.165, 1.54) is 17.4 Å². The fourth-order valence-corrected chi connectivity index (χ4v) is 4.06. The second-order valence-electron chi connectivity index (χ2n) is 6.27. The summed E-state index contributed by atoms with van der Waals surface area (Å²) in [5, 5.41) is 0.489. The van der Waals surface area contributed by atoms with Crippen LogP contribution in [0.1, 0.15) is 24.2 Å². The number of methoxy groups -OCH3 is 1. The van der Waals surface area contributed by atoms with Crippen LogP contribution in [0, 0.1) is 5.82 Å². The molecule has 1 aromatic heterocycles. The number of rotatable bonds is 8. The number of fused-ring (bicyclic) bond motifs is 1. The minimum Gasteiger partial charge on any atom is -0.496 e. The third-order valence-corrected chi connectivity index (χ3v) is 5.75. The van der Waals surface area contributed by atoms with E-state index in [1.54, 1.807) is 36.3 Å². The van der Waals surface area contributed by atoms with Gasteiger partial charge in [0.2, 0.25) is 0 Å². The molecule has 0 bridgehead atoms. The molecule has 148 valence electrons. The van der Waals surface area contributed by atoms with Gasteiger partial charge in [-0.1, -0.05) is 43.4 Å². The van der Waals surface area contributed by atoms with Crippen LogP contribution in [0.5, 0.6) is 5.75 Å². The number of benzene rings is 2. The van der Waals surface area contributed by atoms with Crippen molar-refractivity contribution in [2.24, 2.45) is 0 Å². The third kappa shape index (κ3) is 4.15. The molecule has 0 radical (unpaired) electrons. The molecule has 0 unspecified atom stereocenters. The molecule has 0 aliphatic carbocycles. The molecule has 1 heterocycles. The average molecular weight is 402 g/mol. The number of anilines is 1. The highest BCUT2D eigenvalue weighted by Crippen LogP contribution is 2.32. The minimum absolute atomic E-state index is 0.205. The Bertz CT molecular complexity index is 956. The van der Waals surface area contributed by atoms with Gasteiger partial charge in [-0.15, -0.1) is 0 Å². The fourth-order valence-electron chi connectivity index (χ4n) is 3.05. The van der Waals surface area contributed by atoms with Crippen LogP contribution in [0.4, 0.5) is 9.52 Å². The predicted molar refractivity (Wildman–Crippen MR) is 112 cm³/mol. The van der Waals surface area contributed by atoms with Gasteiger partial charge in [-0.25, -0.2) is 9.37 Å². The summed E-state index contributed by atoms with van der Waals surface area (Å²) in [6, 6.07) is 12.0. The lowest BCUT2D eigenvalue weighted by Crippen LogP contribution is -2.39. The highest BCUT2D eigenvalue weighted by atomic mass is 32.1. The van der Waals surface area contributed by atoms with Crippen LogP contribution in [0.25, 0.3) is 10.2 Å². The number of nitrogens with zero attached hydrogens (tertiary/aromatic N) is 3. The third-order valence-electron chi connectivity index (χ3n) is 4.71. The number of ether oxygens (including phenoxy) is 1. The molecule has 2 aromatic carbocycles. The van der Waals surface area contributed by atoms with Crippen molar-refractivity contribution in [3.8, 4) is 5.75 Å². The smallest absolute Gasteiger partial charge is 0.263 e. The maximum absolute atomic E-state index is 14.1. The van der Waals surface area contributed by atoms with Crippen molar-refractivity contribution in [1.29, 1.82) is 0 Å². The Labute approximate surface area is 168 Å². The van der Waals surface area contributed by atoms with Crippen LogP contribution in [0.2, 0.25) is 0 Å². The fraction of sp³-hybridized carbons (Fsp3) is 0.333. The van der Waals surface area contributed by atoms with Crippen molar-refractivity contribution in [2.45, 2.75) is 13.8 Å². The Hall–Kier alpha value is -2.51. The van der Waals surface area contributed by atoms with E-state index in [0.717, 1.165) is 17.8 Å². The number of thiazole rings is 1. The number of aromatic nitrogens is 1. The minimum atomic E-state index is -0.381. The molecule has 1 amide bonds. The number of para-hydroxylation sites is 2. The molecule has 28 heavy (non-hydrogen) atoms. The summed E-state index contributed by atoms with van der Waals surface area (Å²) >= 11 is 1.32. The van der Waals surface area contributed by atoms with Crippen LogP contribution in [0.15, 0.2) is 42.5 Å². The van der Waals surface area contributed by atoms with E-state index >= 15 is 0 Å². The standard InChI is InChI=1S/C21H24FN3O2S/c1-4-24(5-2)13-14-25(20(26)15-9-6-7-11-17(15)27-3)21-23-19-16(22)10-8-12-18(19)28-21/h6-12H,4-5,13-14H2,1-3H3. The van der Waals surface area contributed by atoms with Crippen molar-refractivity contribution < 1.29 is 13.9 Å². The van der Waals surface area contributed by atoms with E-state index in [9.17, 15) is 9.18 Å². The van der Waals surface area contributed by atoms with E-state index in [-0.39, 0.29) is 11.7 Å². The first-order valence-electron chi connectivity index (χ1n) is 9.31. The predicted octanol–water partition coefficient (Wildman–Crippen LogP) is 4.43. The number of likely N-dealkylation sites (N-methyl/N-ethyl adjacent to an activating group) is 1. The van der Waals surface area contributed by atoms with Gasteiger partial charge >= 0.3 is 0 Å². The van der Waals surface area contributed by atoms with Gasteiger partial charge in [0.15, 0.2) is 5.13 Å². The monoisotopic (exact) mass is 401 g/mol. The van der Waals surface area contributed by atoms with Crippen LogP contribution >= 0.6 is 11.3 Å². The lowest BCUT2D eigenvalue weighted by molar-refractivity contribution is 0.0981. The summed E-state index contributed by atoms with van der Waals surface area (Å²) in [4.78, 5) is 21.7.